The molecule has 4 heteroatoms. The maximum atomic E-state index is 12.7. The van der Waals surface area contributed by atoms with E-state index in [4.69, 9.17) is 4.74 Å². The minimum atomic E-state index is -0.479. The number of aryl methyl sites for hydroxylation is 2. The summed E-state index contributed by atoms with van der Waals surface area (Å²) in [6, 6.07) is 14.6. The molecule has 1 aliphatic rings. The molecule has 1 fully saturated rings. The van der Waals surface area contributed by atoms with Crippen molar-refractivity contribution in [2.75, 3.05) is 13.1 Å². The number of carbonyl (C=O) groups is 1. The van der Waals surface area contributed by atoms with Crippen LogP contribution in [-0.4, -0.2) is 30.0 Å². The Morgan fingerprint density at radius 3 is 2.41 bits per heavy atom. The first kappa shape index (κ1) is 21.4. The van der Waals surface area contributed by atoms with Gasteiger partial charge in [0.25, 0.3) is 5.91 Å². The molecule has 0 unspecified atom stereocenters. The predicted molar refractivity (Wildman–Crippen MR) is 118 cm³/mol. The summed E-state index contributed by atoms with van der Waals surface area (Å²) < 4.78 is 5.98. The average molecular weight is 395 g/mol. The molecule has 1 amide bonds. The first-order chi connectivity index (χ1) is 14.0. The molecule has 1 aliphatic heterocycles. The van der Waals surface area contributed by atoms with Gasteiger partial charge in [-0.2, -0.15) is 0 Å². The van der Waals surface area contributed by atoms with E-state index in [0.29, 0.717) is 13.0 Å². The van der Waals surface area contributed by atoms with Gasteiger partial charge in [-0.3, -0.25) is 9.69 Å². The highest BCUT2D eigenvalue weighted by Crippen LogP contribution is 2.19. The van der Waals surface area contributed by atoms with Crippen LogP contribution in [-0.2, 0) is 17.9 Å². The maximum Gasteiger partial charge on any atom is 0.261 e. The van der Waals surface area contributed by atoms with Gasteiger partial charge in [0.1, 0.15) is 5.75 Å². The summed E-state index contributed by atoms with van der Waals surface area (Å²) in [6.07, 6.45) is 4.11. The number of carbonyl (C=O) groups excluding carboxylic acids is 1. The van der Waals surface area contributed by atoms with E-state index in [9.17, 15) is 4.79 Å². The first-order valence-corrected chi connectivity index (χ1v) is 10.9. The lowest BCUT2D eigenvalue weighted by atomic mass is 10.1. The number of nitrogens with zero attached hydrogens (tertiary/aromatic N) is 1. The Kier molecular flexibility index (Phi) is 7.70. The topological polar surface area (TPSA) is 41.6 Å². The van der Waals surface area contributed by atoms with Gasteiger partial charge in [-0.05, 0) is 80.6 Å². The molecule has 2 aromatic carbocycles. The molecule has 1 saturated heterocycles. The molecule has 2 aromatic rings. The molecule has 0 aromatic heterocycles. The molecule has 1 atom stereocenters. The van der Waals surface area contributed by atoms with Crippen LogP contribution in [0.4, 0.5) is 0 Å². The third kappa shape index (κ3) is 6.60. The number of hydrogen-bond donors (Lipinski definition) is 1. The third-order valence-corrected chi connectivity index (χ3v) is 5.45. The highest BCUT2D eigenvalue weighted by molar-refractivity contribution is 5.81. The molecule has 0 saturated carbocycles. The van der Waals surface area contributed by atoms with Crippen LogP contribution in [0.1, 0.15) is 54.9 Å². The summed E-state index contributed by atoms with van der Waals surface area (Å²) in [6.45, 7) is 9.96. The van der Waals surface area contributed by atoms with Crippen LogP contribution in [0.5, 0.6) is 5.75 Å². The molecule has 3 rings (SSSR count). The van der Waals surface area contributed by atoms with Gasteiger partial charge in [-0.25, -0.2) is 0 Å². The zero-order valence-corrected chi connectivity index (χ0v) is 18.0. The van der Waals surface area contributed by atoms with E-state index in [1.54, 1.807) is 0 Å². The highest BCUT2D eigenvalue weighted by Gasteiger charge is 2.18. The molecule has 0 aliphatic carbocycles. The van der Waals surface area contributed by atoms with Crippen molar-refractivity contribution in [1.82, 2.24) is 10.2 Å². The van der Waals surface area contributed by atoms with Gasteiger partial charge in [0.15, 0.2) is 6.10 Å². The summed E-state index contributed by atoms with van der Waals surface area (Å²) >= 11 is 0. The fourth-order valence-electron chi connectivity index (χ4n) is 4.00. The number of amides is 1. The van der Waals surface area contributed by atoms with E-state index in [-0.39, 0.29) is 5.91 Å². The lowest BCUT2D eigenvalue weighted by molar-refractivity contribution is -0.128. The summed E-state index contributed by atoms with van der Waals surface area (Å²) in [5.74, 6) is 0.695. The highest BCUT2D eigenvalue weighted by atomic mass is 16.5. The number of piperidine rings is 1. The van der Waals surface area contributed by atoms with Crippen molar-refractivity contribution < 1.29 is 9.53 Å². The van der Waals surface area contributed by atoms with Crippen LogP contribution >= 0.6 is 0 Å². The van der Waals surface area contributed by atoms with Gasteiger partial charge < -0.3 is 10.1 Å². The number of benzene rings is 2. The van der Waals surface area contributed by atoms with E-state index in [1.165, 1.54) is 37.9 Å². The summed E-state index contributed by atoms with van der Waals surface area (Å²) in [5.41, 5.74) is 4.73. The smallest absolute Gasteiger partial charge is 0.261 e. The number of nitrogens with one attached hydrogen (secondary N) is 1. The number of hydrogen-bond acceptors (Lipinski definition) is 3. The van der Waals surface area contributed by atoms with Gasteiger partial charge >= 0.3 is 0 Å². The van der Waals surface area contributed by atoms with Crippen molar-refractivity contribution in [3.05, 3.63) is 64.7 Å². The van der Waals surface area contributed by atoms with Crippen molar-refractivity contribution in [2.45, 2.75) is 65.6 Å². The van der Waals surface area contributed by atoms with E-state index >= 15 is 0 Å². The Morgan fingerprint density at radius 2 is 1.72 bits per heavy atom. The summed E-state index contributed by atoms with van der Waals surface area (Å²) in [5, 5.41) is 3.05. The second-order valence-electron chi connectivity index (χ2n) is 8.21. The van der Waals surface area contributed by atoms with Crippen LogP contribution in [0, 0.1) is 13.8 Å². The Morgan fingerprint density at radius 1 is 1.03 bits per heavy atom. The van der Waals surface area contributed by atoms with Gasteiger partial charge in [-0.1, -0.05) is 43.7 Å². The Bertz CT molecular complexity index is 792. The third-order valence-electron chi connectivity index (χ3n) is 5.45. The van der Waals surface area contributed by atoms with Gasteiger partial charge in [0.2, 0.25) is 0 Å². The molecule has 4 nitrogen and oxygen atoms in total. The predicted octanol–water partition coefficient (Wildman–Crippen LogP) is 4.76. The molecule has 29 heavy (non-hydrogen) atoms. The van der Waals surface area contributed by atoms with Crippen molar-refractivity contribution in [3.8, 4) is 5.75 Å². The van der Waals surface area contributed by atoms with Crippen LogP contribution in [0.15, 0.2) is 42.5 Å². The van der Waals surface area contributed by atoms with Crippen molar-refractivity contribution >= 4 is 5.91 Å². The van der Waals surface area contributed by atoms with Gasteiger partial charge in [0.05, 0.1) is 0 Å². The normalized spacial score (nSPS) is 15.7. The molecule has 156 valence electrons. The standard InChI is InChI=1S/C25H34N2O2/c1-4-24(29-23-14-19(2)13-20(3)15-23)25(28)26-17-21-9-8-10-22(16-21)18-27-11-6-5-7-12-27/h8-10,13-16,24H,4-7,11-12,17-18H2,1-3H3,(H,26,28)/t24-/m0/s1. The minimum Gasteiger partial charge on any atom is -0.481 e. The summed E-state index contributed by atoms with van der Waals surface area (Å²) in [7, 11) is 0. The fraction of sp³-hybridized carbons (Fsp3) is 0.480. The molecule has 1 N–H and O–H groups in total. The zero-order chi connectivity index (χ0) is 20.6. The molecular formula is C25H34N2O2. The van der Waals surface area contributed by atoms with Crippen molar-refractivity contribution in [3.63, 3.8) is 0 Å². The van der Waals surface area contributed by atoms with Crippen molar-refractivity contribution in [2.24, 2.45) is 0 Å². The van der Waals surface area contributed by atoms with Crippen LogP contribution in [0.25, 0.3) is 0 Å². The lowest BCUT2D eigenvalue weighted by Crippen LogP contribution is -2.37. The Hall–Kier alpha value is -2.33. The first-order valence-electron chi connectivity index (χ1n) is 10.9. The summed E-state index contributed by atoms with van der Waals surface area (Å²) in [4.78, 5) is 15.2. The molecule has 1 heterocycles. The van der Waals surface area contributed by atoms with Crippen LogP contribution in [0.2, 0.25) is 0 Å². The Labute approximate surface area is 175 Å². The molecule has 0 bridgehead atoms. The van der Waals surface area contributed by atoms with E-state index in [0.717, 1.165) is 29.0 Å². The van der Waals surface area contributed by atoms with Gasteiger partial charge in [0, 0.05) is 13.1 Å². The molecule has 0 spiro atoms. The lowest BCUT2D eigenvalue weighted by Gasteiger charge is -2.26. The molecular weight excluding hydrogens is 360 g/mol. The zero-order valence-electron chi connectivity index (χ0n) is 18.0. The van der Waals surface area contributed by atoms with Crippen LogP contribution in [0.3, 0.4) is 0 Å². The Balaban J connectivity index is 1.55. The largest absolute Gasteiger partial charge is 0.481 e. The number of likely N-dealkylation sites (tertiary alicyclic amines) is 1. The van der Waals surface area contributed by atoms with E-state index < -0.39 is 6.10 Å². The second-order valence-corrected chi connectivity index (χ2v) is 8.21. The van der Waals surface area contributed by atoms with Gasteiger partial charge in [-0.15, -0.1) is 0 Å². The van der Waals surface area contributed by atoms with E-state index in [2.05, 4.69) is 40.5 Å². The quantitative estimate of drug-likeness (QED) is 0.702. The maximum absolute atomic E-state index is 12.7. The second kappa shape index (κ2) is 10.4. The minimum absolute atomic E-state index is 0.0620. The molecule has 0 radical (unpaired) electrons. The fourth-order valence-corrected chi connectivity index (χ4v) is 4.00. The average Bonchev–Trinajstić information content (AvgIpc) is 2.70. The number of rotatable bonds is 8. The number of ether oxygens (including phenoxy) is 1. The monoisotopic (exact) mass is 394 g/mol. The SMILES string of the molecule is CC[C@H](Oc1cc(C)cc(C)c1)C(=O)NCc1cccc(CN2CCCCC2)c1. The van der Waals surface area contributed by atoms with Crippen LogP contribution < -0.4 is 10.1 Å². The van der Waals surface area contributed by atoms with E-state index in [1.807, 2.05) is 32.9 Å². The van der Waals surface area contributed by atoms with Crippen molar-refractivity contribution in [1.29, 1.82) is 0 Å².